The Morgan fingerprint density at radius 3 is 2.75 bits per heavy atom. The van der Waals surface area contributed by atoms with Gasteiger partial charge >= 0.3 is 0 Å². The minimum absolute atomic E-state index is 0.571. The van der Waals surface area contributed by atoms with Crippen molar-refractivity contribution in [3.63, 3.8) is 0 Å². The molecule has 1 aromatic heterocycles. The summed E-state index contributed by atoms with van der Waals surface area (Å²) in [5.74, 6) is 0. The molecule has 0 amide bonds. The van der Waals surface area contributed by atoms with E-state index in [9.17, 15) is 0 Å². The minimum Gasteiger partial charge on any atom is -0.375 e. The molecule has 0 fully saturated rings. The van der Waals surface area contributed by atoms with Crippen LogP contribution in [0, 0.1) is 0 Å². The number of thiazole rings is 1. The van der Waals surface area contributed by atoms with Crippen molar-refractivity contribution < 1.29 is 0 Å². The van der Waals surface area contributed by atoms with Crippen LogP contribution in [0.4, 0.5) is 5.13 Å². The Bertz CT molecular complexity index is 323. The number of anilines is 1. The predicted molar refractivity (Wildman–Crippen MR) is 54.9 cm³/mol. The van der Waals surface area contributed by atoms with Crippen LogP contribution in [0.5, 0.6) is 0 Å². The lowest BCUT2D eigenvalue weighted by Crippen LogP contribution is -1.77. The van der Waals surface area contributed by atoms with Crippen LogP contribution >= 0.6 is 11.3 Å². The molecule has 0 spiro atoms. The minimum atomic E-state index is 0.571. The van der Waals surface area contributed by atoms with Crippen molar-refractivity contribution in [2.24, 2.45) is 0 Å². The summed E-state index contributed by atoms with van der Waals surface area (Å²) in [6.07, 6.45) is 7.08. The number of rotatable bonds is 3. The summed E-state index contributed by atoms with van der Waals surface area (Å²) in [5, 5.41) is 0.571. The Labute approximate surface area is 75.8 Å². The van der Waals surface area contributed by atoms with Crippen molar-refractivity contribution in [2.45, 2.75) is 0 Å². The Morgan fingerprint density at radius 1 is 1.58 bits per heavy atom. The highest BCUT2D eigenvalue weighted by molar-refractivity contribution is 7.16. The third-order valence-electron chi connectivity index (χ3n) is 1.33. The molecule has 0 saturated carbocycles. The molecular formula is C9H10N2S. The Hall–Kier alpha value is -1.35. The average Bonchev–Trinajstić information content (AvgIpc) is 2.47. The van der Waals surface area contributed by atoms with E-state index >= 15 is 0 Å². The van der Waals surface area contributed by atoms with E-state index in [1.54, 1.807) is 18.3 Å². The molecular weight excluding hydrogens is 168 g/mol. The molecule has 0 bridgehead atoms. The van der Waals surface area contributed by atoms with Crippen molar-refractivity contribution in [1.82, 2.24) is 4.98 Å². The molecule has 1 aromatic rings. The van der Waals surface area contributed by atoms with Crippen LogP contribution in [-0.4, -0.2) is 4.98 Å². The third kappa shape index (κ3) is 1.83. The molecule has 0 saturated heterocycles. The molecule has 1 rings (SSSR count). The van der Waals surface area contributed by atoms with Gasteiger partial charge in [-0.2, -0.15) is 0 Å². The van der Waals surface area contributed by atoms with Crippen molar-refractivity contribution in [1.29, 1.82) is 0 Å². The van der Waals surface area contributed by atoms with Gasteiger partial charge in [0.25, 0.3) is 0 Å². The van der Waals surface area contributed by atoms with Crippen molar-refractivity contribution in [2.75, 3.05) is 5.73 Å². The van der Waals surface area contributed by atoms with E-state index in [-0.39, 0.29) is 0 Å². The highest BCUT2D eigenvalue weighted by Crippen LogP contribution is 2.23. The number of allylic oxidation sites excluding steroid dienone is 4. The molecule has 0 unspecified atom stereocenters. The van der Waals surface area contributed by atoms with Gasteiger partial charge in [-0.3, -0.25) is 0 Å². The number of hydrogen-bond acceptors (Lipinski definition) is 3. The van der Waals surface area contributed by atoms with Gasteiger partial charge in [-0.25, -0.2) is 4.98 Å². The fourth-order valence-electron chi connectivity index (χ4n) is 0.799. The number of nitrogens with zero attached hydrogens (tertiary/aromatic N) is 1. The zero-order valence-electron chi connectivity index (χ0n) is 6.66. The number of nitrogen functional groups attached to an aromatic ring is 1. The molecule has 0 radical (unpaired) electrons. The van der Waals surface area contributed by atoms with E-state index in [0.717, 1.165) is 10.5 Å². The lowest BCUT2D eigenvalue weighted by atomic mass is 10.2. The second-order valence-corrected chi connectivity index (χ2v) is 3.19. The molecule has 1 heterocycles. The molecule has 2 nitrogen and oxygen atoms in total. The zero-order valence-corrected chi connectivity index (χ0v) is 7.47. The van der Waals surface area contributed by atoms with Gasteiger partial charge in [0.05, 0.1) is 4.88 Å². The summed E-state index contributed by atoms with van der Waals surface area (Å²) in [7, 11) is 0. The summed E-state index contributed by atoms with van der Waals surface area (Å²) >= 11 is 1.44. The summed E-state index contributed by atoms with van der Waals surface area (Å²) < 4.78 is 0. The van der Waals surface area contributed by atoms with E-state index in [2.05, 4.69) is 18.1 Å². The predicted octanol–water partition coefficient (Wildman–Crippen LogP) is 2.48. The Kier molecular flexibility index (Phi) is 2.82. The van der Waals surface area contributed by atoms with E-state index in [0.29, 0.717) is 5.13 Å². The number of hydrogen-bond donors (Lipinski definition) is 1. The van der Waals surface area contributed by atoms with Gasteiger partial charge in [0.1, 0.15) is 0 Å². The molecule has 0 aromatic carbocycles. The largest absolute Gasteiger partial charge is 0.375 e. The molecule has 0 aliphatic carbocycles. The lowest BCUT2D eigenvalue weighted by Gasteiger charge is -1.92. The van der Waals surface area contributed by atoms with E-state index < -0.39 is 0 Å². The van der Waals surface area contributed by atoms with Crippen molar-refractivity contribution in [3.8, 4) is 0 Å². The SMILES string of the molecule is C=C/C=C(\C=C)c1cnc(N)s1. The van der Waals surface area contributed by atoms with Gasteiger partial charge in [-0.1, -0.05) is 42.7 Å². The molecule has 0 aliphatic rings. The van der Waals surface area contributed by atoms with Gasteiger partial charge in [-0.05, 0) is 5.57 Å². The van der Waals surface area contributed by atoms with Crippen LogP contribution < -0.4 is 5.73 Å². The van der Waals surface area contributed by atoms with Crippen LogP contribution in [0.3, 0.4) is 0 Å². The van der Waals surface area contributed by atoms with E-state index in [1.165, 1.54) is 11.3 Å². The average molecular weight is 178 g/mol. The van der Waals surface area contributed by atoms with Crippen LogP contribution in [0.25, 0.3) is 5.57 Å². The maximum Gasteiger partial charge on any atom is 0.180 e. The molecule has 2 N–H and O–H groups in total. The van der Waals surface area contributed by atoms with Crippen molar-refractivity contribution >= 4 is 22.0 Å². The van der Waals surface area contributed by atoms with Crippen LogP contribution in [-0.2, 0) is 0 Å². The Morgan fingerprint density at radius 2 is 2.33 bits per heavy atom. The molecule has 12 heavy (non-hydrogen) atoms. The molecule has 62 valence electrons. The monoisotopic (exact) mass is 178 g/mol. The first-order valence-corrected chi connectivity index (χ1v) is 4.26. The van der Waals surface area contributed by atoms with E-state index in [1.807, 2.05) is 6.08 Å². The summed E-state index contributed by atoms with van der Waals surface area (Å²) in [5.41, 5.74) is 6.49. The first kappa shape index (κ1) is 8.74. The van der Waals surface area contributed by atoms with Crippen LogP contribution in [0.1, 0.15) is 4.88 Å². The second kappa shape index (κ2) is 3.88. The second-order valence-electron chi connectivity index (χ2n) is 2.12. The fourth-order valence-corrected chi connectivity index (χ4v) is 1.50. The van der Waals surface area contributed by atoms with Crippen molar-refractivity contribution in [3.05, 3.63) is 42.5 Å². The molecule has 0 atom stereocenters. The fraction of sp³-hybridized carbons (Fsp3) is 0. The summed E-state index contributed by atoms with van der Waals surface area (Å²) in [6.45, 7) is 7.30. The van der Waals surface area contributed by atoms with E-state index in [4.69, 9.17) is 5.73 Å². The first-order chi connectivity index (χ1) is 5.77. The Balaban J connectivity index is 3.02. The summed E-state index contributed by atoms with van der Waals surface area (Å²) in [6, 6.07) is 0. The maximum absolute atomic E-state index is 5.49. The topological polar surface area (TPSA) is 38.9 Å². The standard InChI is InChI=1S/C9H10N2S/c1-3-5-7(4-2)8-6-11-9(10)12-8/h3-6H,1-2H2,(H2,10,11)/b7-5+. The lowest BCUT2D eigenvalue weighted by molar-refractivity contribution is 1.42. The smallest absolute Gasteiger partial charge is 0.180 e. The number of aromatic nitrogens is 1. The quantitative estimate of drug-likeness (QED) is 0.722. The number of nitrogens with two attached hydrogens (primary N) is 1. The zero-order chi connectivity index (χ0) is 8.97. The first-order valence-electron chi connectivity index (χ1n) is 3.44. The third-order valence-corrected chi connectivity index (χ3v) is 2.20. The highest BCUT2D eigenvalue weighted by Gasteiger charge is 2.00. The normalized spacial score (nSPS) is 11.2. The highest BCUT2D eigenvalue weighted by atomic mass is 32.1. The van der Waals surface area contributed by atoms with Crippen LogP contribution in [0.15, 0.2) is 37.6 Å². The molecule has 3 heteroatoms. The van der Waals surface area contributed by atoms with Gasteiger partial charge in [0.15, 0.2) is 5.13 Å². The van der Waals surface area contributed by atoms with Gasteiger partial charge < -0.3 is 5.73 Å². The van der Waals surface area contributed by atoms with Gasteiger partial charge in [-0.15, -0.1) is 0 Å². The maximum atomic E-state index is 5.49. The van der Waals surface area contributed by atoms with Gasteiger partial charge in [0, 0.05) is 6.20 Å². The molecule has 0 aliphatic heterocycles. The van der Waals surface area contributed by atoms with Crippen LogP contribution in [0.2, 0.25) is 0 Å². The van der Waals surface area contributed by atoms with Gasteiger partial charge in [0.2, 0.25) is 0 Å². The summed E-state index contributed by atoms with van der Waals surface area (Å²) in [4.78, 5) is 4.96.